The third-order valence-electron chi connectivity index (χ3n) is 3.76. The topological polar surface area (TPSA) is 21.3 Å². The number of hydrogen-bond acceptors (Lipinski definition) is 2. The zero-order valence-electron chi connectivity index (χ0n) is 11.4. The molecule has 100 valence electrons. The van der Waals surface area contributed by atoms with Gasteiger partial charge in [-0.25, -0.2) is 4.39 Å². The van der Waals surface area contributed by atoms with Crippen molar-refractivity contribution in [3.8, 4) is 5.75 Å². The maximum atomic E-state index is 14.3. The largest absolute Gasteiger partial charge is 0.494 e. The summed E-state index contributed by atoms with van der Waals surface area (Å²) in [5.41, 5.74) is 0.747. The van der Waals surface area contributed by atoms with E-state index in [0.29, 0.717) is 17.6 Å². The summed E-state index contributed by atoms with van der Waals surface area (Å²) in [5.74, 6) is 1.36. The van der Waals surface area contributed by atoms with Gasteiger partial charge in [-0.2, -0.15) is 0 Å². The van der Waals surface area contributed by atoms with Crippen molar-refractivity contribution >= 4 is 0 Å². The highest BCUT2D eigenvalue weighted by Crippen LogP contribution is 2.47. The van der Waals surface area contributed by atoms with Crippen molar-refractivity contribution in [2.75, 3.05) is 13.7 Å². The Balaban J connectivity index is 2.24. The summed E-state index contributed by atoms with van der Waals surface area (Å²) in [6, 6.07) is 5.53. The lowest BCUT2D eigenvalue weighted by atomic mass is 10.00. The van der Waals surface area contributed by atoms with Gasteiger partial charge in [-0.1, -0.05) is 26.0 Å². The lowest BCUT2D eigenvalue weighted by molar-refractivity contribution is 0.374. The van der Waals surface area contributed by atoms with Gasteiger partial charge in [-0.15, -0.1) is 0 Å². The lowest BCUT2D eigenvalue weighted by Crippen LogP contribution is -2.25. The van der Waals surface area contributed by atoms with Crippen LogP contribution in [0.25, 0.3) is 0 Å². The molecule has 3 heteroatoms. The van der Waals surface area contributed by atoms with E-state index >= 15 is 0 Å². The van der Waals surface area contributed by atoms with Gasteiger partial charge in [0.2, 0.25) is 0 Å². The summed E-state index contributed by atoms with van der Waals surface area (Å²) in [6.45, 7) is 5.27. The van der Waals surface area contributed by atoms with Crippen molar-refractivity contribution in [1.82, 2.24) is 5.32 Å². The van der Waals surface area contributed by atoms with E-state index in [1.54, 1.807) is 6.07 Å². The fraction of sp³-hybridized carbons (Fsp3) is 0.600. The van der Waals surface area contributed by atoms with E-state index < -0.39 is 0 Å². The van der Waals surface area contributed by atoms with Crippen molar-refractivity contribution in [1.29, 1.82) is 0 Å². The molecule has 0 spiro atoms. The number of nitrogens with one attached hydrogen (secondary N) is 1. The molecule has 0 aliphatic heterocycles. The third-order valence-corrected chi connectivity index (χ3v) is 3.76. The highest BCUT2D eigenvalue weighted by Gasteiger charge is 2.41. The molecule has 1 N–H and O–H groups in total. The smallest absolute Gasteiger partial charge is 0.169 e. The standard InChI is InChI=1S/C15H22FNO/c1-4-8-17-15(12-9-10(12)2)11-6-5-7-13(18-3)14(11)16/h5-7,10,12,15,17H,4,8-9H2,1-3H3. The Morgan fingerprint density at radius 1 is 1.50 bits per heavy atom. The van der Waals surface area contributed by atoms with Crippen LogP contribution in [0.3, 0.4) is 0 Å². The van der Waals surface area contributed by atoms with E-state index in [4.69, 9.17) is 4.74 Å². The van der Waals surface area contributed by atoms with E-state index in [1.807, 2.05) is 12.1 Å². The fourth-order valence-corrected chi connectivity index (χ4v) is 2.53. The predicted molar refractivity (Wildman–Crippen MR) is 71.3 cm³/mol. The Bertz CT molecular complexity index is 407. The van der Waals surface area contributed by atoms with Crippen LogP contribution in [0, 0.1) is 17.7 Å². The highest BCUT2D eigenvalue weighted by atomic mass is 19.1. The lowest BCUT2D eigenvalue weighted by Gasteiger charge is -2.20. The second kappa shape index (κ2) is 5.70. The molecular weight excluding hydrogens is 229 g/mol. The molecule has 0 saturated heterocycles. The van der Waals surface area contributed by atoms with Gasteiger partial charge in [-0.3, -0.25) is 0 Å². The van der Waals surface area contributed by atoms with Gasteiger partial charge in [0.25, 0.3) is 0 Å². The van der Waals surface area contributed by atoms with Crippen LogP contribution < -0.4 is 10.1 Å². The quantitative estimate of drug-likeness (QED) is 0.835. The number of rotatable bonds is 6. The number of hydrogen-bond donors (Lipinski definition) is 1. The molecular formula is C15H22FNO. The van der Waals surface area contributed by atoms with Gasteiger partial charge < -0.3 is 10.1 Å². The van der Waals surface area contributed by atoms with Gasteiger partial charge in [0.1, 0.15) is 0 Å². The summed E-state index contributed by atoms with van der Waals surface area (Å²) in [7, 11) is 1.51. The Labute approximate surface area is 109 Å². The second-order valence-corrected chi connectivity index (χ2v) is 5.17. The number of ether oxygens (including phenoxy) is 1. The first-order chi connectivity index (χ1) is 8.69. The molecule has 2 rings (SSSR count). The maximum Gasteiger partial charge on any atom is 0.169 e. The fourth-order valence-electron chi connectivity index (χ4n) is 2.53. The zero-order valence-corrected chi connectivity index (χ0v) is 11.4. The Kier molecular flexibility index (Phi) is 4.23. The maximum absolute atomic E-state index is 14.3. The van der Waals surface area contributed by atoms with E-state index in [-0.39, 0.29) is 11.9 Å². The summed E-state index contributed by atoms with van der Waals surface area (Å²) in [6.07, 6.45) is 2.24. The van der Waals surface area contributed by atoms with Crippen molar-refractivity contribution in [3.63, 3.8) is 0 Å². The predicted octanol–water partition coefficient (Wildman–Crippen LogP) is 3.53. The van der Waals surface area contributed by atoms with Crippen molar-refractivity contribution in [2.45, 2.75) is 32.7 Å². The van der Waals surface area contributed by atoms with Crippen LogP contribution in [0.2, 0.25) is 0 Å². The SMILES string of the molecule is CCCNC(c1cccc(OC)c1F)C1CC1C. The van der Waals surface area contributed by atoms with Gasteiger partial charge >= 0.3 is 0 Å². The van der Waals surface area contributed by atoms with Crippen LogP contribution in [0.1, 0.15) is 38.3 Å². The molecule has 1 fully saturated rings. The first kappa shape index (κ1) is 13.3. The molecule has 0 amide bonds. The molecule has 18 heavy (non-hydrogen) atoms. The third kappa shape index (κ3) is 2.66. The molecule has 3 atom stereocenters. The number of halogens is 1. The second-order valence-electron chi connectivity index (χ2n) is 5.17. The van der Waals surface area contributed by atoms with Crippen LogP contribution >= 0.6 is 0 Å². The van der Waals surface area contributed by atoms with E-state index in [9.17, 15) is 4.39 Å². The monoisotopic (exact) mass is 251 g/mol. The molecule has 1 aliphatic carbocycles. The molecule has 2 nitrogen and oxygen atoms in total. The summed E-state index contributed by atoms with van der Waals surface area (Å²) < 4.78 is 19.4. The van der Waals surface area contributed by atoms with Crippen molar-refractivity contribution in [3.05, 3.63) is 29.6 Å². The van der Waals surface area contributed by atoms with Gasteiger partial charge in [-0.05, 0) is 37.3 Å². The molecule has 1 aliphatic rings. The minimum absolute atomic E-state index is 0.120. The zero-order chi connectivity index (χ0) is 13.1. The number of benzene rings is 1. The molecule has 0 radical (unpaired) electrons. The van der Waals surface area contributed by atoms with Crippen LogP contribution in [0.4, 0.5) is 4.39 Å². The van der Waals surface area contributed by atoms with Gasteiger partial charge in [0.05, 0.1) is 7.11 Å². The first-order valence-corrected chi connectivity index (χ1v) is 6.74. The Morgan fingerprint density at radius 2 is 2.22 bits per heavy atom. The normalized spacial score (nSPS) is 23.8. The van der Waals surface area contributed by atoms with E-state index in [1.165, 1.54) is 13.5 Å². The molecule has 1 aromatic carbocycles. The highest BCUT2D eigenvalue weighted by molar-refractivity contribution is 5.34. The molecule has 0 aromatic heterocycles. The first-order valence-electron chi connectivity index (χ1n) is 6.74. The van der Waals surface area contributed by atoms with Crippen LogP contribution in [-0.4, -0.2) is 13.7 Å². The van der Waals surface area contributed by atoms with Gasteiger partial charge in [0.15, 0.2) is 11.6 Å². The molecule has 1 saturated carbocycles. The van der Waals surface area contributed by atoms with E-state index in [2.05, 4.69) is 19.2 Å². The molecule has 0 heterocycles. The van der Waals surface area contributed by atoms with Crippen LogP contribution in [0.15, 0.2) is 18.2 Å². The van der Waals surface area contributed by atoms with E-state index in [0.717, 1.165) is 18.5 Å². The summed E-state index contributed by atoms with van der Waals surface area (Å²) in [4.78, 5) is 0. The average Bonchev–Trinajstić information content (AvgIpc) is 3.08. The minimum atomic E-state index is -0.215. The molecule has 0 bridgehead atoms. The molecule has 3 unspecified atom stereocenters. The number of methoxy groups -OCH3 is 1. The van der Waals surface area contributed by atoms with Crippen LogP contribution in [-0.2, 0) is 0 Å². The van der Waals surface area contributed by atoms with Gasteiger partial charge in [0, 0.05) is 11.6 Å². The Morgan fingerprint density at radius 3 is 2.78 bits per heavy atom. The van der Waals surface area contributed by atoms with Crippen LogP contribution in [0.5, 0.6) is 5.75 Å². The summed E-state index contributed by atoms with van der Waals surface area (Å²) in [5, 5.41) is 3.47. The Hall–Kier alpha value is -1.09. The average molecular weight is 251 g/mol. The summed E-state index contributed by atoms with van der Waals surface area (Å²) >= 11 is 0. The van der Waals surface area contributed by atoms with Crippen molar-refractivity contribution in [2.24, 2.45) is 11.8 Å². The molecule has 1 aromatic rings. The minimum Gasteiger partial charge on any atom is -0.494 e. The van der Waals surface area contributed by atoms with Crippen molar-refractivity contribution < 1.29 is 9.13 Å².